The molecule has 0 spiro atoms. The summed E-state index contributed by atoms with van der Waals surface area (Å²) in [6.45, 7) is 3.09. The Morgan fingerprint density at radius 2 is 2.15 bits per heavy atom. The number of carbonyl (C=O) groups is 2. The van der Waals surface area contributed by atoms with Crippen LogP contribution in [0, 0.1) is 0 Å². The Balaban J connectivity index is 1.42. The number of rotatable bonds is 5. The van der Waals surface area contributed by atoms with Gasteiger partial charge in [0.05, 0.1) is 13.1 Å². The SMILES string of the molecule is O=C1CCCN1CC(=O)N1CCCC(c2nccn2Cc2cccnc2)C1. The van der Waals surface area contributed by atoms with E-state index in [1.54, 1.807) is 11.1 Å². The van der Waals surface area contributed by atoms with Gasteiger partial charge >= 0.3 is 0 Å². The van der Waals surface area contributed by atoms with E-state index in [9.17, 15) is 9.59 Å². The molecule has 2 amide bonds. The van der Waals surface area contributed by atoms with Crippen molar-refractivity contribution < 1.29 is 9.59 Å². The predicted molar refractivity (Wildman–Crippen MR) is 99.9 cm³/mol. The van der Waals surface area contributed by atoms with E-state index in [1.807, 2.05) is 29.6 Å². The van der Waals surface area contributed by atoms with Crippen LogP contribution in [0.25, 0.3) is 0 Å². The van der Waals surface area contributed by atoms with Crippen LogP contribution in [0.3, 0.4) is 0 Å². The highest BCUT2D eigenvalue weighted by Crippen LogP contribution is 2.26. The first-order valence-corrected chi connectivity index (χ1v) is 9.66. The molecule has 2 saturated heterocycles. The first-order valence-electron chi connectivity index (χ1n) is 9.66. The third kappa shape index (κ3) is 4.02. The third-order valence-electron chi connectivity index (χ3n) is 5.46. The summed E-state index contributed by atoms with van der Waals surface area (Å²) in [6.07, 6.45) is 10.9. The molecule has 0 N–H and O–H groups in total. The van der Waals surface area contributed by atoms with Crippen molar-refractivity contribution in [3.8, 4) is 0 Å². The standard InChI is InChI=1S/C20H25N5O2/c26-18-6-3-10-24(18)15-19(27)23-9-2-5-17(14-23)20-22-8-11-25(20)13-16-4-1-7-21-12-16/h1,4,7-8,11-12,17H,2-3,5-6,9-10,13-15H2. The first-order chi connectivity index (χ1) is 13.2. The maximum Gasteiger partial charge on any atom is 0.242 e. The molecule has 2 aliphatic heterocycles. The molecular weight excluding hydrogens is 342 g/mol. The lowest BCUT2D eigenvalue weighted by Crippen LogP contribution is -2.45. The second-order valence-corrected chi connectivity index (χ2v) is 7.37. The Kier molecular flexibility index (Phi) is 5.18. The fourth-order valence-corrected chi connectivity index (χ4v) is 4.05. The molecule has 0 radical (unpaired) electrons. The van der Waals surface area contributed by atoms with Crippen LogP contribution in [0.2, 0.25) is 0 Å². The Labute approximate surface area is 159 Å². The fraction of sp³-hybridized carbons (Fsp3) is 0.500. The molecule has 4 heterocycles. The highest BCUT2D eigenvalue weighted by molar-refractivity contribution is 5.86. The molecule has 2 aromatic rings. The van der Waals surface area contributed by atoms with Gasteiger partial charge in [0.2, 0.25) is 11.8 Å². The van der Waals surface area contributed by atoms with E-state index in [1.165, 1.54) is 0 Å². The largest absolute Gasteiger partial charge is 0.340 e. The summed E-state index contributed by atoms with van der Waals surface area (Å²) in [6, 6.07) is 3.99. The van der Waals surface area contributed by atoms with Gasteiger partial charge in [0.1, 0.15) is 5.82 Å². The van der Waals surface area contributed by atoms with Crippen LogP contribution in [0.4, 0.5) is 0 Å². The van der Waals surface area contributed by atoms with Crippen LogP contribution in [-0.4, -0.2) is 62.3 Å². The number of aromatic nitrogens is 3. The smallest absolute Gasteiger partial charge is 0.242 e. The number of amides is 2. The van der Waals surface area contributed by atoms with Crippen molar-refractivity contribution in [2.24, 2.45) is 0 Å². The van der Waals surface area contributed by atoms with Crippen molar-refractivity contribution >= 4 is 11.8 Å². The van der Waals surface area contributed by atoms with Gasteiger partial charge in [-0.3, -0.25) is 14.6 Å². The van der Waals surface area contributed by atoms with Crippen molar-refractivity contribution in [1.29, 1.82) is 0 Å². The van der Waals surface area contributed by atoms with Crippen LogP contribution < -0.4 is 0 Å². The van der Waals surface area contributed by atoms with Crippen molar-refractivity contribution in [3.05, 3.63) is 48.3 Å². The maximum absolute atomic E-state index is 12.7. The molecule has 142 valence electrons. The van der Waals surface area contributed by atoms with Gasteiger partial charge in [-0.15, -0.1) is 0 Å². The molecule has 0 saturated carbocycles. The molecule has 2 aliphatic rings. The van der Waals surface area contributed by atoms with E-state index >= 15 is 0 Å². The number of piperidine rings is 1. The molecule has 4 rings (SSSR count). The number of carbonyl (C=O) groups excluding carboxylic acids is 2. The zero-order valence-electron chi connectivity index (χ0n) is 15.5. The lowest BCUT2D eigenvalue weighted by Gasteiger charge is -2.33. The Hall–Kier alpha value is -2.70. The number of nitrogens with zero attached hydrogens (tertiary/aromatic N) is 5. The molecule has 1 atom stereocenters. The van der Waals surface area contributed by atoms with Crippen LogP contribution in [0.1, 0.15) is 43.0 Å². The summed E-state index contributed by atoms with van der Waals surface area (Å²) in [7, 11) is 0. The average molecular weight is 367 g/mol. The lowest BCUT2D eigenvalue weighted by molar-refractivity contribution is -0.139. The van der Waals surface area contributed by atoms with E-state index in [2.05, 4.69) is 20.6 Å². The van der Waals surface area contributed by atoms with Gasteiger partial charge in [-0.2, -0.15) is 0 Å². The minimum Gasteiger partial charge on any atom is -0.340 e. The number of pyridine rings is 1. The second-order valence-electron chi connectivity index (χ2n) is 7.37. The van der Waals surface area contributed by atoms with Crippen molar-refractivity contribution in [2.45, 2.75) is 38.1 Å². The zero-order valence-corrected chi connectivity index (χ0v) is 15.5. The summed E-state index contributed by atoms with van der Waals surface area (Å²) < 4.78 is 2.15. The Morgan fingerprint density at radius 1 is 1.22 bits per heavy atom. The molecule has 1 unspecified atom stereocenters. The Morgan fingerprint density at radius 3 is 2.93 bits per heavy atom. The van der Waals surface area contributed by atoms with Crippen molar-refractivity contribution in [2.75, 3.05) is 26.2 Å². The van der Waals surface area contributed by atoms with Crippen LogP contribution in [0.5, 0.6) is 0 Å². The number of hydrogen-bond acceptors (Lipinski definition) is 4. The normalized spacial score (nSPS) is 20.3. The summed E-state index contributed by atoms with van der Waals surface area (Å²) in [5.41, 5.74) is 1.13. The monoisotopic (exact) mass is 367 g/mol. The van der Waals surface area contributed by atoms with Gasteiger partial charge in [0, 0.05) is 56.8 Å². The summed E-state index contributed by atoms with van der Waals surface area (Å²) >= 11 is 0. The van der Waals surface area contributed by atoms with E-state index in [4.69, 9.17) is 0 Å². The van der Waals surface area contributed by atoms with Gasteiger partial charge in [-0.1, -0.05) is 6.07 Å². The number of hydrogen-bond donors (Lipinski definition) is 0. The number of likely N-dealkylation sites (tertiary alicyclic amines) is 2. The molecule has 2 fully saturated rings. The zero-order chi connectivity index (χ0) is 18.6. The van der Waals surface area contributed by atoms with E-state index in [0.717, 1.165) is 43.7 Å². The van der Waals surface area contributed by atoms with Crippen molar-refractivity contribution in [1.82, 2.24) is 24.3 Å². The molecule has 0 aliphatic carbocycles. The van der Waals surface area contributed by atoms with E-state index in [0.29, 0.717) is 19.5 Å². The molecular formula is C20H25N5O2. The molecule has 7 heteroatoms. The average Bonchev–Trinajstić information content (AvgIpc) is 3.32. The topological polar surface area (TPSA) is 71.3 Å². The maximum atomic E-state index is 12.7. The van der Waals surface area contributed by atoms with Crippen molar-refractivity contribution in [3.63, 3.8) is 0 Å². The van der Waals surface area contributed by atoms with E-state index < -0.39 is 0 Å². The van der Waals surface area contributed by atoms with E-state index in [-0.39, 0.29) is 24.3 Å². The van der Waals surface area contributed by atoms with Gasteiger partial charge in [-0.25, -0.2) is 4.98 Å². The second kappa shape index (κ2) is 7.90. The predicted octanol–water partition coefficient (Wildman–Crippen LogP) is 1.65. The minimum atomic E-state index is 0.0558. The van der Waals surface area contributed by atoms with Crippen LogP contribution in [-0.2, 0) is 16.1 Å². The highest BCUT2D eigenvalue weighted by atomic mass is 16.2. The minimum absolute atomic E-state index is 0.0558. The molecule has 27 heavy (non-hydrogen) atoms. The quantitative estimate of drug-likeness (QED) is 0.806. The molecule has 0 bridgehead atoms. The summed E-state index contributed by atoms with van der Waals surface area (Å²) in [5.74, 6) is 1.40. The Bertz CT molecular complexity index is 804. The summed E-state index contributed by atoms with van der Waals surface area (Å²) in [5, 5.41) is 0. The molecule has 2 aromatic heterocycles. The van der Waals surface area contributed by atoms with Gasteiger partial charge in [-0.05, 0) is 30.9 Å². The molecule has 0 aromatic carbocycles. The van der Waals surface area contributed by atoms with Crippen LogP contribution in [0.15, 0.2) is 36.9 Å². The molecule has 7 nitrogen and oxygen atoms in total. The number of imidazole rings is 1. The summed E-state index contributed by atoms with van der Waals surface area (Å²) in [4.78, 5) is 36.8. The first kappa shape index (κ1) is 17.7. The van der Waals surface area contributed by atoms with Gasteiger partial charge < -0.3 is 14.4 Å². The fourth-order valence-electron chi connectivity index (χ4n) is 4.05. The third-order valence-corrected chi connectivity index (χ3v) is 5.46. The highest BCUT2D eigenvalue weighted by Gasteiger charge is 2.30. The lowest BCUT2D eigenvalue weighted by atomic mass is 9.97. The van der Waals surface area contributed by atoms with Crippen LogP contribution >= 0.6 is 0 Å². The van der Waals surface area contributed by atoms with Gasteiger partial charge in [0.15, 0.2) is 0 Å². The van der Waals surface area contributed by atoms with Gasteiger partial charge in [0.25, 0.3) is 0 Å².